The first-order valence-corrected chi connectivity index (χ1v) is 10.5. The first-order valence-electron chi connectivity index (χ1n) is 8.88. The van der Waals surface area contributed by atoms with Gasteiger partial charge in [-0.15, -0.1) is 0 Å². The SMILES string of the molecule is O=S(=O)(C[C@@H](NO)[C@H]1CCCO1)c1ccc(Oc2ccc(C(F)(F)F)cc2)cc1. The fraction of sp³-hybridized carbons (Fsp3) is 0.368. The molecule has 0 aliphatic carbocycles. The van der Waals surface area contributed by atoms with Crippen molar-refractivity contribution >= 4 is 9.84 Å². The van der Waals surface area contributed by atoms with E-state index in [0.717, 1.165) is 18.6 Å². The van der Waals surface area contributed by atoms with Crippen molar-refractivity contribution in [3.8, 4) is 11.5 Å². The van der Waals surface area contributed by atoms with Crippen LogP contribution in [0.1, 0.15) is 18.4 Å². The molecule has 2 aromatic carbocycles. The standard InChI is InChI=1S/C19H20F3NO5S/c20-19(21,22)13-3-5-14(6-4-13)28-15-7-9-16(10-8-15)29(25,26)12-17(23-24)18-2-1-11-27-18/h3-10,17-18,23-24H,1-2,11-12H2/t17-,18-/m1/s1. The highest BCUT2D eigenvalue weighted by molar-refractivity contribution is 7.91. The number of hydrogen-bond donors (Lipinski definition) is 2. The molecule has 2 N–H and O–H groups in total. The van der Waals surface area contributed by atoms with Crippen molar-refractivity contribution in [3.63, 3.8) is 0 Å². The number of alkyl halides is 3. The average molecular weight is 431 g/mol. The highest BCUT2D eigenvalue weighted by Crippen LogP contribution is 2.31. The van der Waals surface area contributed by atoms with Gasteiger partial charge in [-0.2, -0.15) is 18.7 Å². The number of hydroxylamine groups is 1. The fourth-order valence-electron chi connectivity index (χ4n) is 3.04. The van der Waals surface area contributed by atoms with Gasteiger partial charge in [-0.25, -0.2) is 8.42 Å². The summed E-state index contributed by atoms with van der Waals surface area (Å²) in [6.45, 7) is 0.527. The summed E-state index contributed by atoms with van der Waals surface area (Å²) in [5.41, 5.74) is 1.23. The molecule has 1 fully saturated rings. The van der Waals surface area contributed by atoms with Gasteiger partial charge in [0.05, 0.1) is 28.4 Å². The lowest BCUT2D eigenvalue weighted by atomic mass is 10.1. The summed E-state index contributed by atoms with van der Waals surface area (Å²) >= 11 is 0. The largest absolute Gasteiger partial charge is 0.457 e. The summed E-state index contributed by atoms with van der Waals surface area (Å²) in [4.78, 5) is 0.0375. The number of benzene rings is 2. The highest BCUT2D eigenvalue weighted by atomic mass is 32.2. The highest BCUT2D eigenvalue weighted by Gasteiger charge is 2.31. The van der Waals surface area contributed by atoms with E-state index in [1.54, 1.807) is 0 Å². The molecule has 2 aromatic rings. The molecule has 6 nitrogen and oxygen atoms in total. The number of ether oxygens (including phenoxy) is 2. The number of nitrogens with one attached hydrogen (secondary N) is 1. The molecule has 29 heavy (non-hydrogen) atoms. The van der Waals surface area contributed by atoms with E-state index in [2.05, 4.69) is 0 Å². The van der Waals surface area contributed by atoms with E-state index in [0.29, 0.717) is 13.0 Å². The molecule has 10 heteroatoms. The summed E-state index contributed by atoms with van der Waals surface area (Å²) in [7, 11) is -3.70. The first kappa shape index (κ1) is 21.6. The predicted molar refractivity (Wildman–Crippen MR) is 97.7 cm³/mol. The second-order valence-corrected chi connectivity index (χ2v) is 8.70. The van der Waals surface area contributed by atoms with Crippen LogP contribution in [0, 0.1) is 0 Å². The molecule has 0 radical (unpaired) electrons. The molecule has 2 atom stereocenters. The van der Waals surface area contributed by atoms with Crippen LogP contribution in [0.5, 0.6) is 11.5 Å². The van der Waals surface area contributed by atoms with Gasteiger partial charge in [0.2, 0.25) is 0 Å². The predicted octanol–water partition coefficient (Wildman–Crippen LogP) is 3.80. The van der Waals surface area contributed by atoms with E-state index < -0.39 is 27.6 Å². The zero-order valence-electron chi connectivity index (χ0n) is 15.2. The number of sulfone groups is 1. The Morgan fingerprint density at radius 3 is 2.17 bits per heavy atom. The Balaban J connectivity index is 1.67. The third-order valence-corrected chi connectivity index (χ3v) is 6.37. The molecule has 0 bridgehead atoms. The third kappa shape index (κ3) is 5.47. The summed E-state index contributed by atoms with van der Waals surface area (Å²) in [5, 5.41) is 9.29. The normalized spacial score (nSPS) is 18.6. The van der Waals surface area contributed by atoms with Crippen LogP contribution < -0.4 is 10.2 Å². The van der Waals surface area contributed by atoms with Gasteiger partial charge in [-0.3, -0.25) is 0 Å². The molecule has 3 rings (SSSR count). The van der Waals surface area contributed by atoms with Crippen LogP contribution in [0.2, 0.25) is 0 Å². The Kier molecular flexibility index (Phi) is 6.47. The van der Waals surface area contributed by atoms with Crippen LogP contribution in [0.15, 0.2) is 53.4 Å². The minimum atomic E-state index is -4.43. The van der Waals surface area contributed by atoms with Gasteiger partial charge in [0, 0.05) is 6.61 Å². The Hall–Kier alpha value is -2.14. The van der Waals surface area contributed by atoms with Crippen LogP contribution in [0.4, 0.5) is 13.2 Å². The van der Waals surface area contributed by atoms with E-state index >= 15 is 0 Å². The fourth-order valence-corrected chi connectivity index (χ4v) is 4.55. The van der Waals surface area contributed by atoms with Gasteiger partial charge in [0.1, 0.15) is 11.5 Å². The van der Waals surface area contributed by atoms with Crippen molar-refractivity contribution in [1.29, 1.82) is 0 Å². The van der Waals surface area contributed by atoms with Gasteiger partial charge in [0.25, 0.3) is 0 Å². The van der Waals surface area contributed by atoms with Crippen LogP contribution >= 0.6 is 0 Å². The van der Waals surface area contributed by atoms with Gasteiger partial charge in [-0.05, 0) is 61.4 Å². The summed E-state index contributed by atoms with van der Waals surface area (Å²) in [6.07, 6.45) is -3.34. The van der Waals surface area contributed by atoms with Crippen LogP contribution in [0.25, 0.3) is 0 Å². The molecular weight excluding hydrogens is 411 g/mol. The van der Waals surface area contributed by atoms with Crippen molar-refractivity contribution in [2.75, 3.05) is 12.4 Å². The summed E-state index contributed by atoms with van der Waals surface area (Å²) < 4.78 is 73.9. The van der Waals surface area contributed by atoms with E-state index in [4.69, 9.17) is 9.47 Å². The molecule has 1 aliphatic rings. The summed E-state index contributed by atoms with van der Waals surface area (Å²) in [6, 6.07) is 8.96. The minimum absolute atomic E-state index is 0.0375. The molecule has 0 unspecified atom stereocenters. The van der Waals surface area contributed by atoms with Gasteiger partial charge in [0.15, 0.2) is 9.84 Å². The van der Waals surface area contributed by atoms with Crippen molar-refractivity contribution in [2.45, 2.75) is 36.1 Å². The number of hydrogen-bond acceptors (Lipinski definition) is 6. The molecule has 0 aromatic heterocycles. The van der Waals surface area contributed by atoms with Crippen molar-refractivity contribution < 1.29 is 36.3 Å². The lowest BCUT2D eigenvalue weighted by Crippen LogP contribution is -2.43. The van der Waals surface area contributed by atoms with Crippen LogP contribution in [0.3, 0.4) is 0 Å². The first-order chi connectivity index (χ1) is 13.7. The maximum absolute atomic E-state index is 12.6. The molecule has 1 aliphatic heterocycles. The maximum atomic E-state index is 12.6. The van der Waals surface area contributed by atoms with Gasteiger partial charge in [-0.1, -0.05) is 0 Å². The molecule has 158 valence electrons. The second kappa shape index (κ2) is 8.70. The molecule has 0 spiro atoms. The molecule has 1 saturated heterocycles. The average Bonchev–Trinajstić information content (AvgIpc) is 3.21. The smallest absolute Gasteiger partial charge is 0.416 e. The Morgan fingerprint density at radius 2 is 1.69 bits per heavy atom. The van der Waals surface area contributed by atoms with Crippen molar-refractivity contribution in [2.24, 2.45) is 0 Å². The monoisotopic (exact) mass is 431 g/mol. The lowest BCUT2D eigenvalue weighted by Gasteiger charge is -2.21. The zero-order valence-corrected chi connectivity index (χ0v) is 16.0. The lowest BCUT2D eigenvalue weighted by molar-refractivity contribution is -0.137. The van der Waals surface area contributed by atoms with E-state index in [1.807, 2.05) is 5.48 Å². The second-order valence-electron chi connectivity index (χ2n) is 6.66. The van der Waals surface area contributed by atoms with Crippen LogP contribution in [-0.4, -0.2) is 38.1 Å². The van der Waals surface area contributed by atoms with E-state index in [9.17, 15) is 26.8 Å². The van der Waals surface area contributed by atoms with Crippen molar-refractivity contribution in [1.82, 2.24) is 5.48 Å². The van der Waals surface area contributed by atoms with Gasteiger partial charge < -0.3 is 14.7 Å². The van der Waals surface area contributed by atoms with Crippen molar-refractivity contribution in [3.05, 3.63) is 54.1 Å². The van der Waals surface area contributed by atoms with E-state index in [-0.39, 0.29) is 28.3 Å². The number of halogens is 3. The van der Waals surface area contributed by atoms with Gasteiger partial charge >= 0.3 is 6.18 Å². The number of rotatable bonds is 7. The maximum Gasteiger partial charge on any atom is 0.416 e. The van der Waals surface area contributed by atoms with E-state index in [1.165, 1.54) is 36.4 Å². The third-order valence-electron chi connectivity index (χ3n) is 4.58. The Morgan fingerprint density at radius 1 is 1.10 bits per heavy atom. The van der Waals surface area contributed by atoms with Crippen LogP contribution in [-0.2, 0) is 20.8 Å². The quantitative estimate of drug-likeness (QED) is 0.649. The minimum Gasteiger partial charge on any atom is -0.457 e. The Labute approximate surface area is 166 Å². The summed E-state index contributed by atoms with van der Waals surface area (Å²) in [5.74, 6) is 0.129. The Bertz CT molecular complexity index is 908. The molecule has 0 amide bonds. The molecule has 1 heterocycles. The zero-order chi connectivity index (χ0) is 21.1. The molecular formula is C19H20F3NO5S. The molecule has 0 saturated carbocycles. The topological polar surface area (TPSA) is 84.9 Å².